The van der Waals surface area contributed by atoms with Gasteiger partial charge < -0.3 is 0 Å². The van der Waals surface area contributed by atoms with Crippen molar-refractivity contribution >= 4 is 40.3 Å². The van der Waals surface area contributed by atoms with Crippen molar-refractivity contribution in [2.24, 2.45) is 5.92 Å². The van der Waals surface area contributed by atoms with Crippen LogP contribution in [0.1, 0.15) is 6.42 Å². The first-order chi connectivity index (χ1) is 7.20. The zero-order chi connectivity index (χ0) is 10.8. The molecule has 1 amide bonds. The number of hydrogen-bond acceptors (Lipinski definition) is 4. The Morgan fingerprint density at radius 3 is 3.00 bits per heavy atom. The van der Waals surface area contributed by atoms with Gasteiger partial charge in [-0.15, -0.1) is 0 Å². The summed E-state index contributed by atoms with van der Waals surface area (Å²) in [6.07, 6.45) is 2.01. The lowest BCUT2D eigenvalue weighted by atomic mass is 10.1. The van der Waals surface area contributed by atoms with E-state index < -0.39 is 0 Å². The van der Waals surface area contributed by atoms with Gasteiger partial charge in [0.15, 0.2) is 0 Å². The van der Waals surface area contributed by atoms with Crippen LogP contribution in [-0.2, 0) is 4.79 Å². The number of nitrogens with zero attached hydrogens (tertiary/aromatic N) is 3. The van der Waals surface area contributed by atoms with Gasteiger partial charge in [-0.3, -0.25) is 9.69 Å². The summed E-state index contributed by atoms with van der Waals surface area (Å²) in [6.45, 7) is 0.700. The maximum atomic E-state index is 11.7. The number of hydrogen-bond donors (Lipinski definition) is 1. The number of aromatic nitrogens is 2. The fourth-order valence-electron chi connectivity index (χ4n) is 1.60. The minimum absolute atomic E-state index is 0.111. The highest BCUT2D eigenvalue weighted by atomic mass is 79.9. The first-order valence-electron chi connectivity index (χ1n) is 4.59. The summed E-state index contributed by atoms with van der Waals surface area (Å²) in [6, 6.07) is 1.75. The molecule has 1 fully saturated rings. The molecule has 1 aromatic rings. The van der Waals surface area contributed by atoms with E-state index >= 15 is 0 Å². The monoisotopic (exact) mass is 287 g/mol. The highest BCUT2D eigenvalue weighted by molar-refractivity contribution is 9.10. The summed E-state index contributed by atoms with van der Waals surface area (Å²) in [5.74, 6) is 1.83. The van der Waals surface area contributed by atoms with Gasteiger partial charge in [0.25, 0.3) is 0 Å². The van der Waals surface area contributed by atoms with Gasteiger partial charge in [0.1, 0.15) is 16.7 Å². The van der Waals surface area contributed by atoms with Crippen molar-refractivity contribution in [3.63, 3.8) is 0 Å². The van der Waals surface area contributed by atoms with Crippen LogP contribution in [0.2, 0.25) is 0 Å². The molecule has 0 radical (unpaired) electrons. The molecule has 1 atom stereocenters. The lowest BCUT2D eigenvalue weighted by molar-refractivity contribution is -0.117. The van der Waals surface area contributed by atoms with Crippen molar-refractivity contribution in [2.45, 2.75) is 6.42 Å². The van der Waals surface area contributed by atoms with Gasteiger partial charge in [-0.05, 0) is 27.6 Å². The fourth-order valence-corrected chi connectivity index (χ4v) is 2.14. The number of carbonyl (C=O) groups is 1. The molecule has 2 rings (SSSR count). The molecule has 0 spiro atoms. The van der Waals surface area contributed by atoms with Crippen molar-refractivity contribution in [1.29, 1.82) is 0 Å². The molecule has 15 heavy (non-hydrogen) atoms. The molecule has 0 bridgehead atoms. The Morgan fingerprint density at radius 1 is 1.60 bits per heavy atom. The first kappa shape index (κ1) is 10.9. The Hall–Kier alpha value is -0.620. The van der Waals surface area contributed by atoms with Crippen LogP contribution in [0.25, 0.3) is 0 Å². The van der Waals surface area contributed by atoms with E-state index in [0.29, 0.717) is 29.3 Å². The van der Waals surface area contributed by atoms with Crippen LogP contribution in [0.15, 0.2) is 17.0 Å². The predicted octanol–water partition coefficient (Wildman–Crippen LogP) is 1.52. The van der Waals surface area contributed by atoms with Crippen molar-refractivity contribution in [3.8, 4) is 0 Å². The molecule has 0 aromatic carbocycles. The van der Waals surface area contributed by atoms with E-state index in [0.717, 1.165) is 5.75 Å². The largest absolute Gasteiger partial charge is 0.296 e. The van der Waals surface area contributed by atoms with Gasteiger partial charge in [0.05, 0.1) is 0 Å². The molecule has 1 unspecified atom stereocenters. The third kappa shape index (κ3) is 2.31. The fraction of sp³-hybridized carbons (Fsp3) is 0.444. The molecule has 4 nitrogen and oxygen atoms in total. The van der Waals surface area contributed by atoms with E-state index in [-0.39, 0.29) is 5.91 Å². The van der Waals surface area contributed by atoms with Crippen molar-refractivity contribution < 1.29 is 4.79 Å². The van der Waals surface area contributed by atoms with Crippen LogP contribution < -0.4 is 4.90 Å². The third-order valence-electron chi connectivity index (χ3n) is 2.36. The standard InChI is InChI=1S/C9H10BrN3OS/c10-7-2-8(12-5-11-7)13-3-6(4-15)1-9(13)14/h2,5-6,15H,1,3-4H2. The molecule has 0 saturated carbocycles. The number of carbonyl (C=O) groups excluding carboxylic acids is 1. The van der Waals surface area contributed by atoms with E-state index in [1.54, 1.807) is 11.0 Å². The highest BCUT2D eigenvalue weighted by Gasteiger charge is 2.30. The summed E-state index contributed by atoms with van der Waals surface area (Å²) in [5.41, 5.74) is 0. The molecule has 6 heteroatoms. The minimum Gasteiger partial charge on any atom is -0.296 e. The van der Waals surface area contributed by atoms with E-state index in [2.05, 4.69) is 38.5 Å². The predicted molar refractivity (Wildman–Crippen MR) is 64.0 cm³/mol. The lowest BCUT2D eigenvalue weighted by Gasteiger charge is -2.14. The van der Waals surface area contributed by atoms with Crippen LogP contribution in [0.4, 0.5) is 5.82 Å². The van der Waals surface area contributed by atoms with Crippen molar-refractivity contribution in [2.75, 3.05) is 17.2 Å². The van der Waals surface area contributed by atoms with Gasteiger partial charge in [0.2, 0.25) is 5.91 Å². The topological polar surface area (TPSA) is 46.1 Å². The molecule has 1 aliphatic heterocycles. The number of rotatable bonds is 2. The van der Waals surface area contributed by atoms with E-state index in [1.807, 2.05) is 0 Å². The third-order valence-corrected chi connectivity index (χ3v) is 3.31. The zero-order valence-corrected chi connectivity index (χ0v) is 10.4. The number of anilines is 1. The van der Waals surface area contributed by atoms with Crippen LogP contribution in [-0.4, -0.2) is 28.2 Å². The average Bonchev–Trinajstić information content (AvgIpc) is 2.60. The Morgan fingerprint density at radius 2 is 2.40 bits per heavy atom. The van der Waals surface area contributed by atoms with E-state index in [9.17, 15) is 4.79 Å². The molecule has 1 aliphatic rings. The van der Waals surface area contributed by atoms with Crippen molar-refractivity contribution in [1.82, 2.24) is 9.97 Å². The molecule has 0 N–H and O–H groups in total. The molecular weight excluding hydrogens is 278 g/mol. The summed E-state index contributed by atoms with van der Waals surface area (Å²) >= 11 is 7.47. The van der Waals surface area contributed by atoms with Gasteiger partial charge in [0, 0.05) is 19.0 Å². The summed E-state index contributed by atoms with van der Waals surface area (Å²) in [4.78, 5) is 21.4. The average molecular weight is 288 g/mol. The van der Waals surface area contributed by atoms with E-state index in [4.69, 9.17) is 0 Å². The van der Waals surface area contributed by atoms with Gasteiger partial charge in [-0.1, -0.05) is 0 Å². The van der Waals surface area contributed by atoms with Gasteiger partial charge in [-0.25, -0.2) is 9.97 Å². The van der Waals surface area contributed by atoms with Crippen LogP contribution in [0, 0.1) is 5.92 Å². The Bertz CT molecular complexity index is 387. The summed E-state index contributed by atoms with van der Waals surface area (Å²) < 4.78 is 0.689. The lowest BCUT2D eigenvalue weighted by Crippen LogP contribution is -2.25. The highest BCUT2D eigenvalue weighted by Crippen LogP contribution is 2.24. The molecule has 0 aliphatic carbocycles. The molecule has 1 saturated heterocycles. The molecular formula is C9H10BrN3OS. The Labute approximate surface area is 102 Å². The van der Waals surface area contributed by atoms with E-state index in [1.165, 1.54) is 6.33 Å². The zero-order valence-electron chi connectivity index (χ0n) is 7.93. The van der Waals surface area contributed by atoms with Crippen LogP contribution in [0.3, 0.4) is 0 Å². The number of halogens is 1. The molecule has 1 aromatic heterocycles. The van der Waals surface area contributed by atoms with Gasteiger partial charge in [-0.2, -0.15) is 12.6 Å². The van der Waals surface area contributed by atoms with Gasteiger partial charge >= 0.3 is 0 Å². The van der Waals surface area contributed by atoms with Crippen LogP contribution >= 0.6 is 28.6 Å². The Balaban J connectivity index is 2.21. The SMILES string of the molecule is O=C1CC(CS)CN1c1cc(Br)ncn1. The number of thiol groups is 1. The molecule has 80 valence electrons. The normalized spacial score (nSPS) is 21.1. The minimum atomic E-state index is 0.111. The number of amides is 1. The maximum Gasteiger partial charge on any atom is 0.228 e. The smallest absolute Gasteiger partial charge is 0.228 e. The summed E-state index contributed by atoms with van der Waals surface area (Å²) in [7, 11) is 0. The Kier molecular flexibility index (Phi) is 3.25. The molecule has 2 heterocycles. The van der Waals surface area contributed by atoms with Crippen LogP contribution in [0.5, 0.6) is 0 Å². The second-order valence-electron chi connectivity index (χ2n) is 3.46. The van der Waals surface area contributed by atoms with Crippen molar-refractivity contribution in [3.05, 3.63) is 17.0 Å². The summed E-state index contributed by atoms with van der Waals surface area (Å²) in [5, 5.41) is 0. The quantitative estimate of drug-likeness (QED) is 0.663. The second kappa shape index (κ2) is 4.49. The second-order valence-corrected chi connectivity index (χ2v) is 4.63. The maximum absolute atomic E-state index is 11.7. The first-order valence-corrected chi connectivity index (χ1v) is 6.02.